The average Bonchev–Trinajstić information content (AvgIpc) is 3.08. The standard InChI is InChI=1S/C20H27N5O3S/c26-20-3-2-19(18-4-8-21-9-5-18)22-25(20)16-17-6-11-23(12-7-17)13-14-24-10-1-15-29(24,27)28/h2-5,8-9,17H,1,6-7,10-16H2. The van der Waals surface area contributed by atoms with E-state index < -0.39 is 10.0 Å². The van der Waals surface area contributed by atoms with Gasteiger partial charge in [0.25, 0.3) is 5.56 Å². The zero-order valence-electron chi connectivity index (χ0n) is 16.5. The smallest absolute Gasteiger partial charge is 0.266 e. The van der Waals surface area contributed by atoms with Gasteiger partial charge >= 0.3 is 0 Å². The Morgan fingerprint density at radius 2 is 1.76 bits per heavy atom. The minimum atomic E-state index is -3.01. The summed E-state index contributed by atoms with van der Waals surface area (Å²) in [5.74, 6) is 0.690. The molecule has 0 aromatic carbocycles. The second-order valence-electron chi connectivity index (χ2n) is 7.83. The lowest BCUT2D eigenvalue weighted by Gasteiger charge is -2.32. The van der Waals surface area contributed by atoms with Gasteiger partial charge in [-0.05, 0) is 56.5 Å². The molecular formula is C20H27N5O3S. The number of piperidine rings is 1. The Kier molecular flexibility index (Phi) is 6.07. The van der Waals surface area contributed by atoms with Crippen molar-refractivity contribution in [1.82, 2.24) is 24.0 Å². The maximum atomic E-state index is 12.3. The van der Waals surface area contributed by atoms with E-state index in [2.05, 4.69) is 15.0 Å². The monoisotopic (exact) mass is 417 g/mol. The minimum Gasteiger partial charge on any atom is -0.302 e. The fraction of sp³-hybridized carbons (Fsp3) is 0.550. The van der Waals surface area contributed by atoms with Gasteiger partial charge in [0.1, 0.15) is 0 Å². The number of aromatic nitrogens is 3. The second kappa shape index (κ2) is 8.73. The third-order valence-electron chi connectivity index (χ3n) is 5.85. The molecule has 0 spiro atoms. The van der Waals surface area contributed by atoms with E-state index in [0.29, 0.717) is 25.6 Å². The molecule has 8 nitrogen and oxygen atoms in total. The first-order valence-corrected chi connectivity index (χ1v) is 11.8. The molecule has 0 bridgehead atoms. The number of rotatable bonds is 6. The summed E-state index contributed by atoms with van der Waals surface area (Å²) >= 11 is 0. The van der Waals surface area contributed by atoms with E-state index in [1.807, 2.05) is 12.1 Å². The summed E-state index contributed by atoms with van der Waals surface area (Å²) in [5, 5.41) is 4.55. The van der Waals surface area contributed by atoms with Gasteiger partial charge < -0.3 is 4.90 Å². The van der Waals surface area contributed by atoms with Gasteiger partial charge in [-0.2, -0.15) is 5.10 Å². The normalized spacial score (nSPS) is 20.8. The van der Waals surface area contributed by atoms with Crippen LogP contribution in [0, 0.1) is 5.92 Å². The largest absolute Gasteiger partial charge is 0.302 e. The molecule has 2 aliphatic heterocycles. The summed E-state index contributed by atoms with van der Waals surface area (Å²) in [5.41, 5.74) is 1.64. The number of likely N-dealkylation sites (tertiary alicyclic amines) is 1. The van der Waals surface area contributed by atoms with E-state index in [9.17, 15) is 13.2 Å². The quantitative estimate of drug-likeness (QED) is 0.698. The summed E-state index contributed by atoms with van der Waals surface area (Å²) in [6.07, 6.45) is 6.15. The molecule has 29 heavy (non-hydrogen) atoms. The van der Waals surface area contributed by atoms with Crippen molar-refractivity contribution in [2.24, 2.45) is 5.92 Å². The molecular weight excluding hydrogens is 390 g/mol. The highest BCUT2D eigenvalue weighted by molar-refractivity contribution is 7.89. The van der Waals surface area contributed by atoms with Gasteiger partial charge in [0, 0.05) is 50.2 Å². The topological polar surface area (TPSA) is 88.4 Å². The maximum absolute atomic E-state index is 12.3. The lowest BCUT2D eigenvalue weighted by molar-refractivity contribution is 0.163. The average molecular weight is 418 g/mol. The molecule has 0 saturated carbocycles. The van der Waals surface area contributed by atoms with Gasteiger partial charge in [-0.1, -0.05) is 0 Å². The summed E-state index contributed by atoms with van der Waals surface area (Å²) in [6.45, 7) is 4.49. The van der Waals surface area contributed by atoms with Crippen molar-refractivity contribution >= 4 is 10.0 Å². The highest BCUT2D eigenvalue weighted by Gasteiger charge is 2.29. The molecule has 2 aliphatic rings. The van der Waals surface area contributed by atoms with E-state index in [1.165, 1.54) is 0 Å². The lowest BCUT2D eigenvalue weighted by atomic mass is 9.97. The SMILES string of the molecule is O=c1ccc(-c2ccncc2)nn1CC1CCN(CCN2CCCS2(=O)=O)CC1. The fourth-order valence-corrected chi connectivity index (χ4v) is 5.61. The van der Waals surface area contributed by atoms with Gasteiger partial charge in [0.05, 0.1) is 11.4 Å². The van der Waals surface area contributed by atoms with E-state index >= 15 is 0 Å². The van der Waals surface area contributed by atoms with Crippen LogP contribution in [0.3, 0.4) is 0 Å². The number of hydrogen-bond acceptors (Lipinski definition) is 6. The molecule has 0 amide bonds. The molecule has 2 aromatic heterocycles. The Hall–Kier alpha value is -2.10. The van der Waals surface area contributed by atoms with Crippen molar-refractivity contribution in [1.29, 1.82) is 0 Å². The number of hydrogen-bond donors (Lipinski definition) is 0. The Morgan fingerprint density at radius 1 is 1.00 bits per heavy atom. The predicted octanol–water partition coefficient (Wildman–Crippen LogP) is 1.05. The van der Waals surface area contributed by atoms with Gasteiger partial charge in [0.15, 0.2) is 0 Å². The molecule has 156 valence electrons. The molecule has 0 unspecified atom stereocenters. The molecule has 0 atom stereocenters. The number of pyridine rings is 1. The van der Waals surface area contributed by atoms with Crippen LogP contribution < -0.4 is 5.56 Å². The Morgan fingerprint density at radius 3 is 2.45 bits per heavy atom. The second-order valence-corrected chi connectivity index (χ2v) is 9.92. The van der Waals surface area contributed by atoms with E-state index in [-0.39, 0.29) is 11.3 Å². The maximum Gasteiger partial charge on any atom is 0.266 e. The van der Waals surface area contributed by atoms with Crippen LogP contribution in [0.25, 0.3) is 11.3 Å². The summed E-state index contributed by atoms with van der Waals surface area (Å²) in [6, 6.07) is 7.10. The van der Waals surface area contributed by atoms with Crippen molar-refractivity contribution < 1.29 is 8.42 Å². The van der Waals surface area contributed by atoms with Gasteiger partial charge in [-0.3, -0.25) is 9.78 Å². The summed E-state index contributed by atoms with van der Waals surface area (Å²) in [4.78, 5) is 18.6. The Bertz CT molecular complexity index is 985. The van der Waals surface area contributed by atoms with Crippen LogP contribution >= 0.6 is 0 Å². The van der Waals surface area contributed by atoms with E-state index in [1.54, 1.807) is 33.5 Å². The molecule has 2 fully saturated rings. The molecule has 0 N–H and O–H groups in total. The fourth-order valence-electron chi connectivity index (χ4n) is 4.09. The molecule has 4 heterocycles. The van der Waals surface area contributed by atoms with Crippen molar-refractivity contribution in [3.63, 3.8) is 0 Å². The molecule has 4 rings (SSSR count). The molecule has 0 aliphatic carbocycles. The first-order chi connectivity index (χ1) is 14.0. The van der Waals surface area contributed by atoms with Crippen LogP contribution in [-0.2, 0) is 16.6 Å². The zero-order chi connectivity index (χ0) is 20.3. The lowest BCUT2D eigenvalue weighted by Crippen LogP contribution is -2.41. The van der Waals surface area contributed by atoms with Crippen molar-refractivity contribution in [2.45, 2.75) is 25.8 Å². The van der Waals surface area contributed by atoms with Crippen LogP contribution in [0.1, 0.15) is 19.3 Å². The summed E-state index contributed by atoms with van der Waals surface area (Å²) in [7, 11) is -3.01. The van der Waals surface area contributed by atoms with Crippen LogP contribution in [0.5, 0.6) is 0 Å². The third kappa shape index (κ3) is 4.91. The van der Waals surface area contributed by atoms with E-state index in [0.717, 1.165) is 50.2 Å². The minimum absolute atomic E-state index is 0.0792. The van der Waals surface area contributed by atoms with Crippen molar-refractivity contribution in [3.8, 4) is 11.3 Å². The highest BCUT2D eigenvalue weighted by atomic mass is 32.2. The molecule has 0 radical (unpaired) electrons. The summed E-state index contributed by atoms with van der Waals surface area (Å²) < 4.78 is 27.0. The zero-order valence-corrected chi connectivity index (χ0v) is 17.3. The van der Waals surface area contributed by atoms with E-state index in [4.69, 9.17) is 0 Å². The predicted molar refractivity (Wildman–Crippen MR) is 111 cm³/mol. The highest BCUT2D eigenvalue weighted by Crippen LogP contribution is 2.20. The van der Waals surface area contributed by atoms with Crippen LogP contribution in [0.15, 0.2) is 41.5 Å². The van der Waals surface area contributed by atoms with Crippen molar-refractivity contribution in [3.05, 3.63) is 47.0 Å². The van der Waals surface area contributed by atoms with Crippen molar-refractivity contribution in [2.75, 3.05) is 38.5 Å². The van der Waals surface area contributed by atoms with Crippen LogP contribution in [-0.4, -0.2) is 70.9 Å². The van der Waals surface area contributed by atoms with Crippen LogP contribution in [0.2, 0.25) is 0 Å². The first-order valence-electron chi connectivity index (χ1n) is 10.2. The number of nitrogens with zero attached hydrogens (tertiary/aromatic N) is 5. The first kappa shape index (κ1) is 20.2. The third-order valence-corrected chi connectivity index (χ3v) is 7.81. The van der Waals surface area contributed by atoms with Gasteiger partial charge in [-0.25, -0.2) is 17.4 Å². The Balaban J connectivity index is 1.31. The molecule has 2 saturated heterocycles. The van der Waals surface area contributed by atoms with Crippen LogP contribution in [0.4, 0.5) is 0 Å². The Labute approximate surface area is 171 Å². The van der Waals surface area contributed by atoms with Gasteiger partial charge in [0.2, 0.25) is 10.0 Å². The number of sulfonamides is 1. The molecule has 9 heteroatoms. The molecule has 2 aromatic rings. The van der Waals surface area contributed by atoms with Gasteiger partial charge in [-0.15, -0.1) is 0 Å².